The van der Waals surface area contributed by atoms with Crippen LogP contribution in [0.1, 0.15) is 19.0 Å². The predicted octanol–water partition coefficient (Wildman–Crippen LogP) is 2.21. The molecule has 0 atom stereocenters. The average Bonchev–Trinajstić information content (AvgIpc) is 2.51. The summed E-state index contributed by atoms with van der Waals surface area (Å²) in [5, 5.41) is 17.1. The minimum Gasteiger partial charge on any atom is -0.370 e. The van der Waals surface area contributed by atoms with E-state index in [4.69, 9.17) is 0 Å². The number of nitrogens with zero attached hydrogens (tertiary/aromatic N) is 4. The molecule has 8 heteroatoms. The molecule has 0 fully saturated rings. The smallest absolute Gasteiger partial charge is 0.311 e. The molecule has 0 aliphatic carbocycles. The second kappa shape index (κ2) is 7.13. The van der Waals surface area contributed by atoms with Crippen LogP contribution in [0.4, 0.5) is 17.3 Å². The molecule has 8 nitrogen and oxygen atoms in total. The van der Waals surface area contributed by atoms with Crippen molar-refractivity contribution in [1.82, 2.24) is 15.0 Å². The summed E-state index contributed by atoms with van der Waals surface area (Å²) in [6.45, 7) is 3.14. The maximum absolute atomic E-state index is 11.0. The van der Waals surface area contributed by atoms with Crippen LogP contribution in [0.2, 0.25) is 0 Å². The topological polar surface area (TPSA) is 106 Å². The lowest BCUT2D eigenvalue weighted by Gasteiger charge is -2.09. The van der Waals surface area contributed by atoms with E-state index >= 15 is 0 Å². The monoisotopic (exact) mass is 288 g/mol. The number of rotatable bonds is 7. The molecule has 2 N–H and O–H groups in total. The van der Waals surface area contributed by atoms with Crippen molar-refractivity contribution in [2.75, 3.05) is 17.2 Å². The molecule has 2 aromatic rings. The van der Waals surface area contributed by atoms with Crippen LogP contribution in [0.15, 0.2) is 30.7 Å². The minimum absolute atomic E-state index is 0.0638. The normalized spacial score (nSPS) is 10.1. The molecule has 110 valence electrons. The molecule has 0 aliphatic rings. The zero-order chi connectivity index (χ0) is 15.1. The molecule has 0 amide bonds. The van der Waals surface area contributed by atoms with E-state index in [2.05, 4.69) is 25.6 Å². The van der Waals surface area contributed by atoms with E-state index in [-0.39, 0.29) is 11.5 Å². The standard InChI is InChI=1S/C13H16N6O2/c1-2-6-15-12-4-3-11(19(20)21)13(18-12)16-8-10-5-7-14-9-17-10/h3-5,7,9H,2,6,8H2,1H3,(H2,15,16,18). The van der Waals surface area contributed by atoms with Crippen LogP contribution in [-0.4, -0.2) is 26.4 Å². The minimum atomic E-state index is -0.459. The lowest BCUT2D eigenvalue weighted by molar-refractivity contribution is -0.384. The van der Waals surface area contributed by atoms with Crippen molar-refractivity contribution in [1.29, 1.82) is 0 Å². The summed E-state index contributed by atoms with van der Waals surface area (Å²) in [6, 6.07) is 4.77. The van der Waals surface area contributed by atoms with Gasteiger partial charge in [-0.1, -0.05) is 6.92 Å². The third-order valence-corrected chi connectivity index (χ3v) is 2.71. The third kappa shape index (κ3) is 4.10. The van der Waals surface area contributed by atoms with Crippen molar-refractivity contribution in [3.8, 4) is 0 Å². The molecular weight excluding hydrogens is 272 g/mol. The van der Waals surface area contributed by atoms with Crippen LogP contribution >= 0.6 is 0 Å². The van der Waals surface area contributed by atoms with Gasteiger partial charge in [0.25, 0.3) is 0 Å². The second-order valence-electron chi connectivity index (χ2n) is 4.30. The molecule has 2 rings (SSSR count). The molecular formula is C13H16N6O2. The summed E-state index contributed by atoms with van der Waals surface area (Å²) in [5.74, 6) is 0.826. The van der Waals surface area contributed by atoms with Crippen LogP contribution in [0, 0.1) is 10.1 Å². The van der Waals surface area contributed by atoms with Gasteiger partial charge in [0.2, 0.25) is 5.82 Å². The Kier molecular flexibility index (Phi) is 4.97. The van der Waals surface area contributed by atoms with Gasteiger partial charge in [-0.15, -0.1) is 0 Å². The van der Waals surface area contributed by atoms with Gasteiger partial charge in [0.1, 0.15) is 12.1 Å². The fraction of sp³-hybridized carbons (Fsp3) is 0.308. The molecule has 0 spiro atoms. The molecule has 2 heterocycles. The highest BCUT2D eigenvalue weighted by Gasteiger charge is 2.15. The fourth-order valence-electron chi connectivity index (χ4n) is 1.68. The molecule has 0 saturated carbocycles. The number of nitro groups is 1. The highest BCUT2D eigenvalue weighted by atomic mass is 16.6. The van der Waals surface area contributed by atoms with Crippen molar-refractivity contribution >= 4 is 17.3 Å². The number of pyridine rings is 1. The van der Waals surface area contributed by atoms with Gasteiger partial charge in [-0.3, -0.25) is 10.1 Å². The maximum atomic E-state index is 11.0. The van der Waals surface area contributed by atoms with Gasteiger partial charge in [-0.2, -0.15) is 0 Å². The van der Waals surface area contributed by atoms with Gasteiger partial charge in [-0.05, 0) is 18.6 Å². The highest BCUT2D eigenvalue weighted by Crippen LogP contribution is 2.24. The Morgan fingerprint density at radius 2 is 2.14 bits per heavy atom. The molecule has 0 radical (unpaired) electrons. The zero-order valence-electron chi connectivity index (χ0n) is 11.6. The second-order valence-corrected chi connectivity index (χ2v) is 4.30. The number of hydrogen-bond donors (Lipinski definition) is 2. The summed E-state index contributed by atoms with van der Waals surface area (Å²) in [4.78, 5) is 22.7. The predicted molar refractivity (Wildman–Crippen MR) is 79.0 cm³/mol. The van der Waals surface area contributed by atoms with E-state index in [1.165, 1.54) is 12.4 Å². The first kappa shape index (κ1) is 14.6. The lowest BCUT2D eigenvalue weighted by atomic mass is 10.3. The molecule has 0 aliphatic heterocycles. The van der Waals surface area contributed by atoms with Gasteiger partial charge in [0.05, 0.1) is 17.2 Å². The van der Waals surface area contributed by atoms with Crippen LogP contribution in [0.25, 0.3) is 0 Å². The Labute approximate surface area is 121 Å². The van der Waals surface area contributed by atoms with E-state index in [9.17, 15) is 10.1 Å². The van der Waals surface area contributed by atoms with E-state index in [0.717, 1.165) is 18.7 Å². The first-order chi connectivity index (χ1) is 10.2. The molecule has 0 aromatic carbocycles. The Morgan fingerprint density at radius 3 is 2.81 bits per heavy atom. The van der Waals surface area contributed by atoms with Crippen LogP contribution < -0.4 is 10.6 Å². The van der Waals surface area contributed by atoms with Gasteiger partial charge in [-0.25, -0.2) is 15.0 Å². The lowest BCUT2D eigenvalue weighted by Crippen LogP contribution is -2.08. The van der Waals surface area contributed by atoms with E-state index in [1.54, 1.807) is 18.3 Å². The quantitative estimate of drug-likeness (QED) is 0.594. The number of anilines is 2. The van der Waals surface area contributed by atoms with Gasteiger partial charge in [0, 0.05) is 18.8 Å². The first-order valence-electron chi connectivity index (χ1n) is 6.58. The average molecular weight is 288 g/mol. The Bertz CT molecular complexity index is 605. The molecule has 0 saturated heterocycles. The van der Waals surface area contributed by atoms with Crippen molar-refractivity contribution in [2.45, 2.75) is 19.9 Å². The Morgan fingerprint density at radius 1 is 1.29 bits per heavy atom. The molecule has 2 aromatic heterocycles. The van der Waals surface area contributed by atoms with Crippen LogP contribution in [-0.2, 0) is 6.54 Å². The molecule has 0 unspecified atom stereocenters. The maximum Gasteiger partial charge on any atom is 0.311 e. The van der Waals surface area contributed by atoms with Crippen LogP contribution in [0.3, 0.4) is 0 Å². The molecule has 21 heavy (non-hydrogen) atoms. The Hall–Kier alpha value is -2.77. The summed E-state index contributed by atoms with van der Waals surface area (Å²) in [5.41, 5.74) is 0.666. The van der Waals surface area contributed by atoms with Crippen LogP contribution in [0.5, 0.6) is 0 Å². The fourth-order valence-corrected chi connectivity index (χ4v) is 1.68. The number of nitrogens with one attached hydrogen (secondary N) is 2. The van der Waals surface area contributed by atoms with Gasteiger partial charge >= 0.3 is 5.69 Å². The van der Waals surface area contributed by atoms with E-state index in [0.29, 0.717) is 12.4 Å². The summed E-state index contributed by atoms with van der Waals surface area (Å²) in [7, 11) is 0. The van der Waals surface area contributed by atoms with Crippen molar-refractivity contribution in [2.24, 2.45) is 0 Å². The van der Waals surface area contributed by atoms with Crippen molar-refractivity contribution < 1.29 is 4.92 Å². The SMILES string of the molecule is CCCNc1ccc([N+](=O)[O-])c(NCc2ccncn2)n1. The molecule has 0 bridgehead atoms. The Balaban J connectivity index is 2.16. The summed E-state index contributed by atoms with van der Waals surface area (Å²) >= 11 is 0. The van der Waals surface area contributed by atoms with Gasteiger partial charge < -0.3 is 10.6 Å². The van der Waals surface area contributed by atoms with E-state index < -0.39 is 4.92 Å². The number of hydrogen-bond acceptors (Lipinski definition) is 7. The van der Waals surface area contributed by atoms with Crippen molar-refractivity contribution in [3.05, 3.63) is 46.5 Å². The van der Waals surface area contributed by atoms with Crippen molar-refractivity contribution in [3.63, 3.8) is 0 Å². The zero-order valence-corrected chi connectivity index (χ0v) is 11.6. The van der Waals surface area contributed by atoms with Gasteiger partial charge in [0.15, 0.2) is 0 Å². The summed E-state index contributed by atoms with van der Waals surface area (Å²) in [6.07, 6.45) is 3.99. The first-order valence-corrected chi connectivity index (χ1v) is 6.58. The van der Waals surface area contributed by atoms with E-state index in [1.807, 2.05) is 6.92 Å². The number of aromatic nitrogens is 3. The largest absolute Gasteiger partial charge is 0.370 e. The summed E-state index contributed by atoms with van der Waals surface area (Å²) < 4.78 is 0. The third-order valence-electron chi connectivity index (χ3n) is 2.71. The highest BCUT2D eigenvalue weighted by molar-refractivity contribution is 5.60.